The number of carbonyl (C=O) groups excluding carboxylic acids is 1. The predicted octanol–water partition coefficient (Wildman–Crippen LogP) is 3.77. The zero-order chi connectivity index (χ0) is 18.4. The molecule has 2 aromatic heterocycles. The highest BCUT2D eigenvalue weighted by Crippen LogP contribution is 2.39. The van der Waals surface area contributed by atoms with Crippen molar-refractivity contribution in [2.24, 2.45) is 0 Å². The Morgan fingerprint density at radius 3 is 2.77 bits per heavy atom. The van der Waals surface area contributed by atoms with Crippen LogP contribution in [0.5, 0.6) is 0 Å². The summed E-state index contributed by atoms with van der Waals surface area (Å²) in [4.78, 5) is 34.4. The molecule has 1 aromatic carbocycles. The molecule has 7 heteroatoms. The van der Waals surface area contributed by atoms with Crippen molar-refractivity contribution in [1.82, 2.24) is 9.97 Å². The molecule has 3 heterocycles. The van der Waals surface area contributed by atoms with E-state index < -0.39 is 12.0 Å². The Morgan fingerprint density at radius 1 is 1.23 bits per heavy atom. The van der Waals surface area contributed by atoms with Crippen LogP contribution in [0, 0.1) is 6.92 Å². The number of hydrogen-bond donors (Lipinski definition) is 1. The van der Waals surface area contributed by atoms with Gasteiger partial charge in [-0.1, -0.05) is 29.8 Å². The summed E-state index contributed by atoms with van der Waals surface area (Å²) in [5, 5.41) is 10.5. The summed E-state index contributed by atoms with van der Waals surface area (Å²) in [7, 11) is 0. The minimum absolute atomic E-state index is 0.204. The number of rotatable bonds is 3. The van der Waals surface area contributed by atoms with Crippen LogP contribution < -0.4 is 4.90 Å². The van der Waals surface area contributed by atoms with Crippen molar-refractivity contribution in [3.8, 4) is 0 Å². The first kappa shape index (κ1) is 16.5. The van der Waals surface area contributed by atoms with Crippen molar-refractivity contribution < 1.29 is 14.7 Å². The van der Waals surface area contributed by atoms with Crippen LogP contribution in [0.1, 0.15) is 33.9 Å². The van der Waals surface area contributed by atoms with E-state index in [2.05, 4.69) is 9.97 Å². The van der Waals surface area contributed by atoms with E-state index in [4.69, 9.17) is 11.6 Å². The zero-order valence-electron chi connectivity index (χ0n) is 13.8. The Balaban J connectivity index is 1.87. The molecule has 0 aliphatic carbocycles. The fraction of sp³-hybridized carbons (Fsp3) is 0.158. The molecule has 1 atom stereocenters. The van der Waals surface area contributed by atoms with Crippen molar-refractivity contribution in [2.45, 2.75) is 19.4 Å². The standard InChI is InChI=1S/C19H14ClN3O3/c1-10-8-15(20)21-18-11(10)6-7-16(22-18)23-14(9-17(24)25)12-4-2-3-5-13(12)19(23)26/h2-8,14H,9H2,1H3,(H,24,25). The number of pyridine rings is 2. The number of carboxylic acid groups (broad SMARTS) is 1. The van der Waals surface area contributed by atoms with E-state index in [1.165, 1.54) is 4.90 Å². The van der Waals surface area contributed by atoms with E-state index in [0.29, 0.717) is 27.7 Å². The fourth-order valence-corrected chi connectivity index (χ4v) is 3.62. The summed E-state index contributed by atoms with van der Waals surface area (Å²) in [5.41, 5.74) is 2.54. The summed E-state index contributed by atoms with van der Waals surface area (Å²) in [6.07, 6.45) is -0.204. The maximum Gasteiger partial charge on any atom is 0.305 e. The lowest BCUT2D eigenvalue weighted by Gasteiger charge is -2.23. The largest absolute Gasteiger partial charge is 0.481 e. The number of aromatic nitrogens is 2. The SMILES string of the molecule is Cc1cc(Cl)nc2nc(N3C(=O)c4ccccc4C3CC(=O)O)ccc12. The zero-order valence-corrected chi connectivity index (χ0v) is 14.6. The number of benzene rings is 1. The molecule has 4 rings (SSSR count). The van der Waals surface area contributed by atoms with Gasteiger partial charge in [0.15, 0.2) is 5.65 Å². The van der Waals surface area contributed by atoms with Gasteiger partial charge < -0.3 is 5.11 Å². The van der Waals surface area contributed by atoms with Crippen molar-refractivity contribution in [3.05, 3.63) is 64.3 Å². The number of fused-ring (bicyclic) bond motifs is 2. The second-order valence-electron chi connectivity index (χ2n) is 6.18. The van der Waals surface area contributed by atoms with Crippen LogP contribution in [0.15, 0.2) is 42.5 Å². The summed E-state index contributed by atoms with van der Waals surface area (Å²) >= 11 is 6.03. The molecule has 0 saturated carbocycles. The maximum absolute atomic E-state index is 12.9. The minimum Gasteiger partial charge on any atom is -0.481 e. The molecule has 1 N–H and O–H groups in total. The van der Waals surface area contributed by atoms with Gasteiger partial charge in [0.1, 0.15) is 11.0 Å². The van der Waals surface area contributed by atoms with E-state index in [-0.39, 0.29) is 12.3 Å². The van der Waals surface area contributed by atoms with Crippen LogP contribution in [-0.4, -0.2) is 27.0 Å². The molecular formula is C19H14ClN3O3. The molecule has 0 saturated heterocycles. The van der Waals surface area contributed by atoms with Gasteiger partial charge in [-0.2, -0.15) is 0 Å². The smallest absolute Gasteiger partial charge is 0.305 e. The number of carbonyl (C=O) groups is 2. The van der Waals surface area contributed by atoms with Gasteiger partial charge >= 0.3 is 5.97 Å². The number of nitrogens with zero attached hydrogens (tertiary/aromatic N) is 3. The molecule has 3 aromatic rings. The van der Waals surface area contributed by atoms with E-state index in [1.807, 2.05) is 13.0 Å². The van der Waals surface area contributed by atoms with Gasteiger partial charge in [0, 0.05) is 10.9 Å². The average molecular weight is 368 g/mol. The Hall–Kier alpha value is -2.99. The first-order valence-electron chi connectivity index (χ1n) is 8.04. The maximum atomic E-state index is 12.9. The van der Waals surface area contributed by atoms with Crippen molar-refractivity contribution >= 4 is 40.3 Å². The number of carboxylic acids is 1. The lowest BCUT2D eigenvalue weighted by Crippen LogP contribution is -2.30. The first-order chi connectivity index (χ1) is 12.5. The molecule has 1 aliphatic rings. The second-order valence-corrected chi connectivity index (χ2v) is 6.57. The Morgan fingerprint density at radius 2 is 2.00 bits per heavy atom. The van der Waals surface area contributed by atoms with Gasteiger partial charge in [-0.3, -0.25) is 14.5 Å². The molecule has 1 unspecified atom stereocenters. The molecule has 0 bridgehead atoms. The molecule has 6 nitrogen and oxygen atoms in total. The van der Waals surface area contributed by atoms with Gasteiger partial charge in [0.2, 0.25) is 0 Å². The van der Waals surface area contributed by atoms with E-state index in [1.54, 1.807) is 36.4 Å². The van der Waals surface area contributed by atoms with Crippen LogP contribution in [-0.2, 0) is 4.79 Å². The van der Waals surface area contributed by atoms with Crippen LogP contribution >= 0.6 is 11.6 Å². The highest BCUT2D eigenvalue weighted by molar-refractivity contribution is 6.29. The van der Waals surface area contributed by atoms with Crippen LogP contribution in [0.4, 0.5) is 5.82 Å². The van der Waals surface area contributed by atoms with Gasteiger partial charge in [-0.25, -0.2) is 9.97 Å². The normalized spacial score (nSPS) is 16.2. The molecule has 0 radical (unpaired) electrons. The molecule has 1 amide bonds. The van der Waals surface area contributed by atoms with Gasteiger partial charge in [-0.05, 0) is 42.3 Å². The topological polar surface area (TPSA) is 83.4 Å². The Labute approximate surface area is 154 Å². The molecule has 1 aliphatic heterocycles. The summed E-state index contributed by atoms with van der Waals surface area (Å²) in [6, 6.07) is 11.7. The molecule has 0 fully saturated rings. The number of hydrogen-bond acceptors (Lipinski definition) is 4. The van der Waals surface area contributed by atoms with Crippen LogP contribution in [0.2, 0.25) is 5.15 Å². The van der Waals surface area contributed by atoms with Crippen LogP contribution in [0.3, 0.4) is 0 Å². The van der Waals surface area contributed by atoms with E-state index in [0.717, 1.165) is 10.9 Å². The first-order valence-corrected chi connectivity index (χ1v) is 8.41. The Kier molecular flexibility index (Phi) is 3.85. The fourth-order valence-electron chi connectivity index (χ4n) is 3.38. The highest BCUT2D eigenvalue weighted by Gasteiger charge is 2.39. The van der Waals surface area contributed by atoms with E-state index in [9.17, 15) is 14.7 Å². The third-order valence-electron chi connectivity index (χ3n) is 4.53. The van der Waals surface area contributed by atoms with Crippen LogP contribution in [0.25, 0.3) is 11.0 Å². The van der Waals surface area contributed by atoms with Gasteiger partial charge in [0.25, 0.3) is 5.91 Å². The Bertz CT molecular complexity index is 1070. The number of amides is 1. The summed E-state index contributed by atoms with van der Waals surface area (Å²) in [6.45, 7) is 1.90. The van der Waals surface area contributed by atoms with Gasteiger partial charge in [-0.15, -0.1) is 0 Å². The summed E-state index contributed by atoms with van der Waals surface area (Å²) in [5.74, 6) is -0.890. The third kappa shape index (κ3) is 2.59. The predicted molar refractivity (Wildman–Crippen MR) is 97.5 cm³/mol. The minimum atomic E-state index is -0.984. The van der Waals surface area contributed by atoms with Crippen molar-refractivity contribution in [1.29, 1.82) is 0 Å². The quantitative estimate of drug-likeness (QED) is 0.712. The lowest BCUT2D eigenvalue weighted by atomic mass is 10.0. The second kappa shape index (κ2) is 6.07. The monoisotopic (exact) mass is 367 g/mol. The molecule has 130 valence electrons. The summed E-state index contributed by atoms with van der Waals surface area (Å²) < 4.78 is 0. The lowest BCUT2D eigenvalue weighted by molar-refractivity contribution is -0.137. The number of aryl methyl sites for hydroxylation is 1. The number of anilines is 1. The number of halogens is 1. The number of aliphatic carboxylic acids is 1. The van der Waals surface area contributed by atoms with Gasteiger partial charge in [0.05, 0.1) is 12.5 Å². The van der Waals surface area contributed by atoms with E-state index >= 15 is 0 Å². The highest BCUT2D eigenvalue weighted by atomic mass is 35.5. The molecule has 26 heavy (non-hydrogen) atoms. The van der Waals surface area contributed by atoms with Crippen molar-refractivity contribution in [3.63, 3.8) is 0 Å². The molecule has 0 spiro atoms. The average Bonchev–Trinajstić information content (AvgIpc) is 2.86. The molecular weight excluding hydrogens is 354 g/mol. The van der Waals surface area contributed by atoms with Crippen molar-refractivity contribution in [2.75, 3.05) is 4.90 Å². The third-order valence-corrected chi connectivity index (χ3v) is 4.72.